The normalized spacial score (nSPS) is 10.9. The lowest BCUT2D eigenvalue weighted by atomic mass is 10.4. The molecule has 0 radical (unpaired) electrons. The van der Waals surface area contributed by atoms with Gasteiger partial charge >= 0.3 is 18.2 Å². The monoisotopic (exact) mass is 315 g/mol. The van der Waals surface area contributed by atoms with E-state index in [0.29, 0.717) is 0 Å². The van der Waals surface area contributed by atoms with Crippen LogP contribution in [0.2, 0.25) is 0 Å². The summed E-state index contributed by atoms with van der Waals surface area (Å²) in [5.74, 6) is -2.23. The number of aliphatic carboxylic acids is 1. The second-order valence-electron chi connectivity index (χ2n) is 3.87. The number of ether oxygens (including phenoxy) is 1. The average molecular weight is 315 g/mol. The molecule has 0 heterocycles. The van der Waals surface area contributed by atoms with Crippen LogP contribution < -0.4 is 10.6 Å². The van der Waals surface area contributed by atoms with Crippen LogP contribution >= 0.6 is 0 Å². The number of hydrogen-bond acceptors (Lipinski definition) is 4. The quantitative estimate of drug-likeness (QED) is 0.519. The van der Waals surface area contributed by atoms with E-state index in [1.165, 1.54) is 7.11 Å². The van der Waals surface area contributed by atoms with Gasteiger partial charge in [0.05, 0.1) is 13.2 Å². The lowest BCUT2D eigenvalue weighted by Crippen LogP contribution is -2.49. The predicted octanol–water partition coefficient (Wildman–Crippen LogP) is -0.592. The first kappa shape index (κ1) is 19.0. The van der Waals surface area contributed by atoms with E-state index in [1.807, 2.05) is 5.32 Å². The first-order valence-electron chi connectivity index (χ1n) is 5.72. The molecular weight excluding hydrogens is 299 g/mol. The van der Waals surface area contributed by atoms with E-state index >= 15 is 0 Å². The molecule has 0 bridgehead atoms. The van der Waals surface area contributed by atoms with Gasteiger partial charge in [-0.25, -0.2) is 4.79 Å². The number of amides is 3. The number of carbonyl (C=O) groups excluding carboxylic acids is 2. The zero-order valence-electron chi connectivity index (χ0n) is 11.2. The van der Waals surface area contributed by atoms with Crippen LogP contribution in [0.25, 0.3) is 0 Å². The van der Waals surface area contributed by atoms with Gasteiger partial charge < -0.3 is 25.4 Å². The highest BCUT2D eigenvalue weighted by Gasteiger charge is 2.34. The molecule has 3 N–H and O–H groups in total. The second-order valence-corrected chi connectivity index (χ2v) is 3.87. The number of rotatable bonds is 8. The van der Waals surface area contributed by atoms with E-state index in [1.54, 1.807) is 0 Å². The van der Waals surface area contributed by atoms with Crippen LogP contribution in [0.5, 0.6) is 0 Å². The summed E-state index contributed by atoms with van der Waals surface area (Å²) >= 11 is 0. The number of nitrogens with zero attached hydrogens (tertiary/aromatic N) is 1. The Morgan fingerprint density at radius 3 is 2.33 bits per heavy atom. The molecule has 0 saturated carbocycles. The Morgan fingerprint density at radius 1 is 1.24 bits per heavy atom. The fraction of sp³-hybridized carbons (Fsp3) is 0.700. The van der Waals surface area contributed by atoms with Gasteiger partial charge in [-0.05, 0) is 0 Å². The zero-order valence-corrected chi connectivity index (χ0v) is 11.2. The highest BCUT2D eigenvalue weighted by Crippen LogP contribution is 2.16. The Morgan fingerprint density at radius 2 is 1.86 bits per heavy atom. The van der Waals surface area contributed by atoms with Gasteiger partial charge in [0.1, 0.15) is 13.1 Å². The third-order valence-corrected chi connectivity index (χ3v) is 2.01. The molecule has 0 rings (SSSR count). The van der Waals surface area contributed by atoms with Crippen LogP contribution in [0.4, 0.5) is 18.0 Å². The number of halogens is 3. The zero-order chi connectivity index (χ0) is 16.5. The Kier molecular flexibility index (Phi) is 8.12. The smallest absolute Gasteiger partial charge is 0.406 e. The van der Waals surface area contributed by atoms with Crippen LogP contribution in [0, 0.1) is 0 Å². The molecule has 3 amide bonds. The minimum Gasteiger partial charge on any atom is -0.480 e. The maximum Gasteiger partial charge on any atom is 0.406 e. The summed E-state index contributed by atoms with van der Waals surface area (Å²) < 4.78 is 41.3. The van der Waals surface area contributed by atoms with E-state index in [4.69, 9.17) is 5.11 Å². The van der Waals surface area contributed by atoms with E-state index in [-0.39, 0.29) is 18.1 Å². The number of hydrogen-bond donors (Lipinski definition) is 3. The standard InChI is InChI=1S/C10H16F3N3O5/c1-21-3-2-14-7(17)4-15-9(20)16(5-8(18)19)6-10(11,12)13/h2-6H2,1H3,(H,14,17)(H,15,20)(H,18,19). The van der Waals surface area contributed by atoms with Gasteiger partial charge in [0, 0.05) is 13.7 Å². The van der Waals surface area contributed by atoms with Crippen LogP contribution in [-0.4, -0.2) is 74.0 Å². The van der Waals surface area contributed by atoms with Crippen molar-refractivity contribution in [3.63, 3.8) is 0 Å². The van der Waals surface area contributed by atoms with Crippen molar-refractivity contribution in [3.05, 3.63) is 0 Å². The first-order valence-corrected chi connectivity index (χ1v) is 5.72. The molecule has 0 aliphatic heterocycles. The van der Waals surface area contributed by atoms with Crippen molar-refractivity contribution in [1.29, 1.82) is 0 Å². The molecule has 0 fully saturated rings. The Balaban J connectivity index is 4.34. The highest BCUT2D eigenvalue weighted by molar-refractivity contribution is 5.85. The maximum absolute atomic E-state index is 12.2. The third kappa shape index (κ3) is 10.4. The van der Waals surface area contributed by atoms with Crippen molar-refractivity contribution < 1.29 is 37.4 Å². The van der Waals surface area contributed by atoms with E-state index in [9.17, 15) is 27.6 Å². The summed E-state index contributed by atoms with van der Waals surface area (Å²) in [4.78, 5) is 33.1. The minimum absolute atomic E-state index is 0.0464. The third-order valence-electron chi connectivity index (χ3n) is 2.01. The molecule has 0 saturated heterocycles. The summed E-state index contributed by atoms with van der Waals surface area (Å²) in [6.45, 7) is -3.02. The molecule has 0 aliphatic carbocycles. The molecule has 0 aliphatic rings. The van der Waals surface area contributed by atoms with Gasteiger partial charge in [0.25, 0.3) is 0 Å². The van der Waals surface area contributed by atoms with Gasteiger partial charge in [0.15, 0.2) is 0 Å². The SMILES string of the molecule is COCCNC(=O)CNC(=O)N(CC(=O)O)CC(F)(F)F. The van der Waals surface area contributed by atoms with Crippen LogP contribution in [-0.2, 0) is 14.3 Å². The molecule has 0 spiro atoms. The minimum atomic E-state index is -4.74. The molecular formula is C10H16F3N3O5. The van der Waals surface area contributed by atoms with Crippen LogP contribution in [0.1, 0.15) is 0 Å². The second kappa shape index (κ2) is 9.00. The lowest BCUT2D eigenvalue weighted by molar-refractivity contribution is -0.148. The fourth-order valence-electron chi connectivity index (χ4n) is 1.20. The molecule has 0 unspecified atom stereocenters. The van der Waals surface area contributed by atoms with Crippen molar-refractivity contribution in [3.8, 4) is 0 Å². The van der Waals surface area contributed by atoms with Gasteiger partial charge in [0.2, 0.25) is 5.91 Å². The largest absolute Gasteiger partial charge is 0.480 e. The number of carboxylic acids is 1. The Hall–Kier alpha value is -2.04. The Bertz CT molecular complexity index is 375. The summed E-state index contributed by atoms with van der Waals surface area (Å²) in [7, 11) is 1.41. The molecule has 21 heavy (non-hydrogen) atoms. The molecule has 122 valence electrons. The van der Waals surface area contributed by atoms with Gasteiger partial charge in [-0.2, -0.15) is 13.2 Å². The average Bonchev–Trinajstić information content (AvgIpc) is 2.33. The summed E-state index contributed by atoms with van der Waals surface area (Å²) in [5, 5.41) is 12.7. The summed E-state index contributed by atoms with van der Waals surface area (Å²) in [6, 6.07) is -1.29. The molecule has 0 aromatic rings. The molecule has 0 aromatic heterocycles. The van der Waals surface area contributed by atoms with E-state index in [2.05, 4.69) is 10.1 Å². The maximum atomic E-state index is 12.2. The summed E-state index contributed by atoms with van der Waals surface area (Å²) in [5.41, 5.74) is 0. The van der Waals surface area contributed by atoms with Gasteiger partial charge in [-0.3, -0.25) is 9.59 Å². The number of methoxy groups -OCH3 is 1. The number of alkyl halides is 3. The summed E-state index contributed by atoms with van der Waals surface area (Å²) in [6.07, 6.45) is -4.74. The predicted molar refractivity (Wildman–Crippen MR) is 63.5 cm³/mol. The molecule has 0 atom stereocenters. The first-order chi connectivity index (χ1) is 9.65. The van der Waals surface area contributed by atoms with Crippen molar-refractivity contribution >= 4 is 17.9 Å². The van der Waals surface area contributed by atoms with Crippen molar-refractivity contribution in [1.82, 2.24) is 15.5 Å². The highest BCUT2D eigenvalue weighted by atomic mass is 19.4. The number of carbonyl (C=O) groups is 3. The van der Waals surface area contributed by atoms with Crippen LogP contribution in [0.3, 0.4) is 0 Å². The van der Waals surface area contributed by atoms with Crippen LogP contribution in [0.15, 0.2) is 0 Å². The van der Waals surface area contributed by atoms with Gasteiger partial charge in [-0.15, -0.1) is 0 Å². The van der Waals surface area contributed by atoms with E-state index in [0.717, 1.165) is 0 Å². The molecule has 0 aromatic carbocycles. The van der Waals surface area contributed by atoms with Crippen molar-refractivity contribution in [2.75, 3.05) is 39.9 Å². The van der Waals surface area contributed by atoms with Gasteiger partial charge in [-0.1, -0.05) is 0 Å². The molecule has 8 nitrogen and oxygen atoms in total. The van der Waals surface area contributed by atoms with Crippen molar-refractivity contribution in [2.45, 2.75) is 6.18 Å². The Labute approximate surface area is 118 Å². The fourth-order valence-corrected chi connectivity index (χ4v) is 1.20. The lowest BCUT2D eigenvalue weighted by Gasteiger charge is -2.22. The van der Waals surface area contributed by atoms with Crippen molar-refractivity contribution in [2.24, 2.45) is 0 Å². The number of carboxylic acid groups (broad SMARTS) is 1. The molecule has 11 heteroatoms. The topological polar surface area (TPSA) is 108 Å². The van der Waals surface area contributed by atoms with E-state index < -0.39 is 43.7 Å². The number of nitrogens with one attached hydrogen (secondary N) is 2. The number of urea groups is 1.